The third kappa shape index (κ3) is 5.76. The number of aromatic hydroxyl groups is 1. The van der Waals surface area contributed by atoms with Crippen molar-refractivity contribution in [3.63, 3.8) is 0 Å². The standard InChI is InChI=1S/C24H23FN5O3PS2/c1-33-34-19-11-17(29-35-2)7-8-18(19)27-23(26)20-22(31)21(15-9-10-36-13-15)28-30(24(20)32)12-14-3-5-16(25)6-4-14/h3-11,13,29,31,34H,12H2,1-2H3,(H2,26,27)/p+2. The van der Waals surface area contributed by atoms with Crippen LogP contribution in [-0.2, 0) is 11.1 Å². The molecule has 0 radical (unpaired) electrons. The molecule has 0 aliphatic heterocycles. The predicted molar refractivity (Wildman–Crippen MR) is 148 cm³/mol. The molecule has 2 heterocycles. The summed E-state index contributed by atoms with van der Waals surface area (Å²) >= 11 is 2.91. The maximum atomic E-state index is 13.5. The molecule has 0 aliphatic carbocycles. The van der Waals surface area contributed by atoms with Gasteiger partial charge in [0.25, 0.3) is 11.4 Å². The highest BCUT2D eigenvalue weighted by Crippen LogP contribution is 2.29. The average Bonchev–Trinajstić information content (AvgIpc) is 3.39. The number of hydrogen-bond donors (Lipinski definition) is 4. The van der Waals surface area contributed by atoms with E-state index in [1.54, 1.807) is 25.3 Å². The zero-order valence-electron chi connectivity index (χ0n) is 19.5. The maximum Gasteiger partial charge on any atom is 0.287 e. The minimum Gasteiger partial charge on any atom is -0.505 e. The van der Waals surface area contributed by atoms with Crippen molar-refractivity contribution >= 4 is 54.6 Å². The lowest BCUT2D eigenvalue weighted by Crippen LogP contribution is -2.72. The van der Waals surface area contributed by atoms with E-state index in [1.165, 1.54) is 40.1 Å². The zero-order chi connectivity index (χ0) is 25.7. The van der Waals surface area contributed by atoms with Crippen LogP contribution in [-0.4, -0.2) is 34.1 Å². The van der Waals surface area contributed by atoms with Gasteiger partial charge in [-0.05, 0) is 41.3 Å². The molecule has 1 atom stereocenters. The highest BCUT2D eigenvalue weighted by atomic mass is 32.2. The average molecular weight is 546 g/mol. The summed E-state index contributed by atoms with van der Waals surface area (Å²) in [6, 6.07) is 13.2. The van der Waals surface area contributed by atoms with E-state index in [2.05, 4.69) is 14.8 Å². The minimum atomic E-state index is -0.581. The third-order valence-corrected chi connectivity index (χ3v) is 7.32. The number of nitrogens with one attached hydrogen (secondary N) is 2. The Morgan fingerprint density at radius 2 is 2.08 bits per heavy atom. The van der Waals surface area contributed by atoms with Gasteiger partial charge in [0.05, 0.1) is 13.7 Å². The molecule has 12 heteroatoms. The quantitative estimate of drug-likeness (QED) is 0.110. The fourth-order valence-electron chi connectivity index (χ4n) is 3.56. The Bertz CT molecular complexity index is 1440. The Morgan fingerprint density at radius 3 is 2.75 bits per heavy atom. The Hall–Kier alpha value is -3.24. The first-order valence-electron chi connectivity index (χ1n) is 10.7. The van der Waals surface area contributed by atoms with Gasteiger partial charge >= 0.3 is 0 Å². The summed E-state index contributed by atoms with van der Waals surface area (Å²) < 4.78 is 23.2. The summed E-state index contributed by atoms with van der Waals surface area (Å²) in [7, 11) is 1.10. The summed E-state index contributed by atoms with van der Waals surface area (Å²) in [5.74, 6) is -0.717. The van der Waals surface area contributed by atoms with Crippen LogP contribution in [0.2, 0.25) is 0 Å². The SMILES string of the molecule is CO[PH2+]c1cc(NSC)ccc1[NH+]=C(N)c1c(O)c(-c2ccsc2)nn(Cc2ccc(F)cc2)c1=O. The molecule has 186 valence electrons. The highest BCUT2D eigenvalue weighted by molar-refractivity contribution is 7.99. The molecule has 0 fully saturated rings. The van der Waals surface area contributed by atoms with Crippen molar-refractivity contribution in [3.8, 4) is 17.0 Å². The summed E-state index contributed by atoms with van der Waals surface area (Å²) in [5, 5.41) is 20.1. The number of anilines is 1. The first-order chi connectivity index (χ1) is 17.4. The van der Waals surface area contributed by atoms with Gasteiger partial charge in [0.15, 0.2) is 31.1 Å². The second-order valence-electron chi connectivity index (χ2n) is 7.67. The topological polar surface area (TPSA) is 116 Å². The van der Waals surface area contributed by atoms with Crippen molar-refractivity contribution in [3.05, 3.63) is 86.6 Å². The molecule has 0 saturated heterocycles. The Morgan fingerprint density at radius 1 is 1.31 bits per heavy atom. The second kappa shape index (κ2) is 11.7. The fraction of sp³-hybridized carbons (Fsp3) is 0.125. The van der Waals surface area contributed by atoms with Gasteiger partial charge in [0.2, 0.25) is 0 Å². The molecule has 0 spiro atoms. The van der Waals surface area contributed by atoms with Gasteiger partial charge in [-0.15, -0.1) is 0 Å². The molecule has 36 heavy (non-hydrogen) atoms. The molecular weight excluding hydrogens is 520 g/mol. The van der Waals surface area contributed by atoms with E-state index in [1.807, 2.05) is 35.2 Å². The highest BCUT2D eigenvalue weighted by Gasteiger charge is 2.25. The third-order valence-electron chi connectivity index (χ3n) is 5.23. The molecule has 0 aliphatic rings. The van der Waals surface area contributed by atoms with Gasteiger partial charge in [-0.25, -0.2) is 18.6 Å². The number of amidine groups is 1. The van der Waals surface area contributed by atoms with E-state index in [0.29, 0.717) is 16.8 Å². The van der Waals surface area contributed by atoms with Crippen molar-refractivity contribution < 1.29 is 19.0 Å². The van der Waals surface area contributed by atoms with Crippen LogP contribution in [0.4, 0.5) is 15.8 Å². The number of rotatable bonds is 9. The van der Waals surface area contributed by atoms with Crippen molar-refractivity contribution in [1.29, 1.82) is 0 Å². The fourth-order valence-corrected chi connectivity index (χ4v) is 5.36. The zero-order valence-corrected chi connectivity index (χ0v) is 22.3. The largest absolute Gasteiger partial charge is 0.505 e. The van der Waals surface area contributed by atoms with Crippen LogP contribution in [0, 0.1) is 5.82 Å². The number of aromatic nitrogens is 2. The van der Waals surface area contributed by atoms with Crippen LogP contribution in [0.25, 0.3) is 11.3 Å². The molecule has 4 rings (SSSR count). The molecule has 4 aromatic rings. The van der Waals surface area contributed by atoms with Crippen LogP contribution in [0.15, 0.2) is 64.1 Å². The number of halogens is 1. The van der Waals surface area contributed by atoms with Gasteiger partial charge < -0.3 is 9.83 Å². The molecule has 5 N–H and O–H groups in total. The molecular formula is C24H25FN5O3PS2+2. The van der Waals surface area contributed by atoms with E-state index >= 15 is 0 Å². The van der Waals surface area contributed by atoms with Crippen LogP contribution in [0.5, 0.6) is 5.75 Å². The van der Waals surface area contributed by atoms with Crippen LogP contribution in [0.3, 0.4) is 0 Å². The molecule has 0 saturated carbocycles. The van der Waals surface area contributed by atoms with Gasteiger partial charge in [-0.1, -0.05) is 24.1 Å². The Labute approximate surface area is 217 Å². The monoisotopic (exact) mass is 545 g/mol. The van der Waals surface area contributed by atoms with Gasteiger partial charge in [-0.2, -0.15) is 16.4 Å². The number of nitrogen functional groups attached to an aromatic ring is 1. The Kier molecular flexibility index (Phi) is 8.37. The van der Waals surface area contributed by atoms with Gasteiger partial charge in [0, 0.05) is 29.0 Å². The maximum absolute atomic E-state index is 13.5. The number of benzene rings is 2. The summed E-state index contributed by atoms with van der Waals surface area (Å²) in [4.78, 5) is 16.5. The van der Waals surface area contributed by atoms with E-state index < -0.39 is 14.4 Å². The number of thiophene rings is 1. The summed E-state index contributed by atoms with van der Waals surface area (Å²) in [6.07, 6.45) is 1.93. The summed E-state index contributed by atoms with van der Waals surface area (Å²) in [5.41, 5.74) is 8.83. The van der Waals surface area contributed by atoms with Crippen LogP contribution in [0.1, 0.15) is 11.1 Å². The van der Waals surface area contributed by atoms with E-state index in [-0.39, 0.29) is 35.2 Å². The number of nitrogens with two attached hydrogens (primary N) is 1. The summed E-state index contributed by atoms with van der Waals surface area (Å²) in [6.45, 7) is 0.0743. The lowest BCUT2D eigenvalue weighted by Gasteiger charge is -2.11. The lowest BCUT2D eigenvalue weighted by molar-refractivity contribution is -0.352. The Balaban J connectivity index is 1.85. The van der Waals surface area contributed by atoms with Crippen molar-refractivity contribution in [2.75, 3.05) is 18.1 Å². The van der Waals surface area contributed by atoms with Gasteiger partial charge in [0.1, 0.15) is 11.5 Å². The molecule has 2 aromatic heterocycles. The number of nitrogens with zero attached hydrogens (tertiary/aromatic N) is 2. The lowest BCUT2D eigenvalue weighted by atomic mass is 10.1. The van der Waals surface area contributed by atoms with Crippen molar-refractivity contribution in [1.82, 2.24) is 9.78 Å². The second-order valence-corrected chi connectivity index (χ2v) is 10.4. The van der Waals surface area contributed by atoms with E-state index in [0.717, 1.165) is 11.0 Å². The first-order valence-corrected chi connectivity index (χ1v) is 13.9. The molecule has 0 bridgehead atoms. The molecule has 1 unspecified atom stereocenters. The molecule has 8 nitrogen and oxygen atoms in total. The van der Waals surface area contributed by atoms with Gasteiger partial charge in [-0.3, -0.25) is 10.5 Å². The van der Waals surface area contributed by atoms with Crippen molar-refractivity contribution in [2.24, 2.45) is 5.73 Å². The van der Waals surface area contributed by atoms with E-state index in [4.69, 9.17) is 10.3 Å². The predicted octanol–water partition coefficient (Wildman–Crippen LogP) is 2.27. The minimum absolute atomic E-state index is 0.0217. The normalized spacial score (nSPS) is 11.9. The molecule has 2 aromatic carbocycles. The van der Waals surface area contributed by atoms with Crippen molar-refractivity contribution in [2.45, 2.75) is 6.54 Å². The smallest absolute Gasteiger partial charge is 0.287 e. The van der Waals surface area contributed by atoms with Crippen LogP contribution < -0.4 is 26.3 Å². The van der Waals surface area contributed by atoms with E-state index in [9.17, 15) is 14.3 Å². The first kappa shape index (κ1) is 25.8. The van der Waals surface area contributed by atoms with Crippen LogP contribution >= 0.6 is 32.1 Å². The number of hydrogen-bond acceptors (Lipinski definition) is 7. The molecule has 0 amide bonds.